The van der Waals surface area contributed by atoms with E-state index < -0.39 is 67.6 Å². The topological polar surface area (TPSA) is 208 Å². The van der Waals surface area contributed by atoms with Crippen molar-refractivity contribution in [1.82, 2.24) is 9.88 Å². The predicted molar refractivity (Wildman–Crippen MR) is 113 cm³/mol. The van der Waals surface area contributed by atoms with Gasteiger partial charge in [-0.15, -0.1) is 0 Å². The number of methoxy groups -OCH3 is 1. The molecule has 6 atom stereocenters. The minimum absolute atomic E-state index is 0.329. The first-order chi connectivity index (χ1) is 16.1. The summed E-state index contributed by atoms with van der Waals surface area (Å²) in [6, 6.07) is 3.27. The molecule has 3 rings (SSSR count). The lowest BCUT2D eigenvalue weighted by molar-refractivity contribution is -0.250. The van der Waals surface area contributed by atoms with E-state index in [0.29, 0.717) is 22.2 Å². The van der Waals surface area contributed by atoms with Crippen LogP contribution in [0.2, 0.25) is 0 Å². The zero-order valence-electron chi connectivity index (χ0n) is 18.1. The maximum Gasteiger partial charge on any atom is 0.326 e. The minimum atomic E-state index is -1.64. The highest BCUT2D eigenvalue weighted by Gasteiger charge is 2.44. The van der Waals surface area contributed by atoms with Crippen LogP contribution in [0.25, 0.3) is 10.9 Å². The third-order valence-electron chi connectivity index (χ3n) is 5.62. The lowest BCUT2D eigenvalue weighted by Gasteiger charge is -2.40. The Balaban J connectivity index is 1.99. The van der Waals surface area contributed by atoms with Crippen molar-refractivity contribution in [2.45, 2.75) is 49.5 Å². The molecule has 0 radical (unpaired) electrons. The molecule has 7 N–H and O–H groups in total. The molecular weight excluding hydrogens is 456 g/mol. The number of carboxylic acids is 2. The molecule has 0 aliphatic carbocycles. The van der Waals surface area contributed by atoms with Crippen LogP contribution in [0.5, 0.6) is 5.75 Å². The first-order valence-corrected chi connectivity index (χ1v) is 10.3. The monoisotopic (exact) mass is 482 g/mol. The fraction of sp³-hybridized carbons (Fsp3) is 0.476. The fourth-order valence-electron chi connectivity index (χ4n) is 3.96. The number of fused-ring (bicyclic) bond motifs is 1. The molecule has 2 aromatic rings. The molecule has 1 aromatic carbocycles. The lowest BCUT2D eigenvalue weighted by Crippen LogP contribution is -2.56. The van der Waals surface area contributed by atoms with E-state index in [1.54, 1.807) is 18.2 Å². The summed E-state index contributed by atoms with van der Waals surface area (Å²) in [6.45, 7) is -0.632. The maximum atomic E-state index is 12.6. The predicted octanol–water partition coefficient (Wildman–Crippen LogP) is -1.79. The van der Waals surface area contributed by atoms with Crippen molar-refractivity contribution in [2.24, 2.45) is 0 Å². The third kappa shape index (κ3) is 4.98. The summed E-state index contributed by atoms with van der Waals surface area (Å²) in [5, 5.41) is 61.0. The van der Waals surface area contributed by atoms with Gasteiger partial charge < -0.3 is 50.0 Å². The van der Waals surface area contributed by atoms with Gasteiger partial charge in [-0.05, 0) is 11.6 Å². The molecule has 1 saturated heterocycles. The highest BCUT2D eigenvalue weighted by atomic mass is 16.6. The molecule has 0 unspecified atom stereocenters. The molecule has 1 aliphatic heterocycles. The average molecular weight is 482 g/mol. The van der Waals surface area contributed by atoms with Crippen molar-refractivity contribution in [2.75, 3.05) is 13.7 Å². The van der Waals surface area contributed by atoms with E-state index in [1.807, 2.05) is 0 Å². The number of aromatic nitrogens is 1. The summed E-state index contributed by atoms with van der Waals surface area (Å²) in [4.78, 5) is 34.7. The Morgan fingerprint density at radius 2 is 1.85 bits per heavy atom. The summed E-state index contributed by atoms with van der Waals surface area (Å²) < 4.78 is 12.4. The van der Waals surface area contributed by atoms with E-state index in [0.717, 1.165) is 0 Å². The number of nitrogens with one attached hydrogen (secondary N) is 1. The number of carbonyl (C=O) groups is 3. The minimum Gasteiger partial charge on any atom is -0.495 e. The Bertz CT molecular complexity index is 1070. The summed E-state index contributed by atoms with van der Waals surface area (Å²) >= 11 is 0. The molecule has 34 heavy (non-hydrogen) atoms. The SMILES string of the molecule is COc1cccc2c(CC(=O)N[C@H](CC(=O)O)C(=O)O)cn([C@@H]3O[C@H](CO)[C@@H](O)[C@H](O)[C@H]3O)c12. The largest absolute Gasteiger partial charge is 0.495 e. The average Bonchev–Trinajstić information content (AvgIpc) is 3.15. The zero-order valence-corrected chi connectivity index (χ0v) is 18.1. The van der Waals surface area contributed by atoms with Crippen LogP contribution in [0, 0.1) is 0 Å². The number of ether oxygens (including phenoxy) is 2. The normalized spacial score (nSPS) is 25.6. The van der Waals surface area contributed by atoms with E-state index in [-0.39, 0.29) is 6.42 Å². The van der Waals surface area contributed by atoms with E-state index >= 15 is 0 Å². The van der Waals surface area contributed by atoms with Crippen molar-refractivity contribution < 1.29 is 54.5 Å². The van der Waals surface area contributed by atoms with Gasteiger partial charge in [-0.2, -0.15) is 0 Å². The van der Waals surface area contributed by atoms with Crippen molar-refractivity contribution in [3.63, 3.8) is 0 Å². The molecule has 1 amide bonds. The molecular formula is C21H26N2O11. The van der Waals surface area contributed by atoms with E-state index in [4.69, 9.17) is 19.7 Å². The van der Waals surface area contributed by atoms with Crippen molar-refractivity contribution in [1.29, 1.82) is 0 Å². The number of carbonyl (C=O) groups excluding carboxylic acids is 1. The van der Waals surface area contributed by atoms with Crippen LogP contribution < -0.4 is 10.1 Å². The molecule has 2 heterocycles. The Labute approximate surface area is 192 Å². The number of hydrogen-bond donors (Lipinski definition) is 7. The molecule has 1 aliphatic rings. The second-order valence-electron chi connectivity index (χ2n) is 7.87. The summed E-state index contributed by atoms with van der Waals surface area (Å²) in [5.74, 6) is -3.32. The van der Waals surface area contributed by atoms with Crippen LogP contribution in [0.4, 0.5) is 0 Å². The Hall–Kier alpha value is -3.23. The smallest absolute Gasteiger partial charge is 0.326 e. The molecule has 13 heteroatoms. The summed E-state index contributed by atoms with van der Waals surface area (Å²) in [7, 11) is 1.40. The van der Waals surface area contributed by atoms with Gasteiger partial charge in [0.05, 0.1) is 32.1 Å². The van der Waals surface area contributed by atoms with Gasteiger partial charge in [0.25, 0.3) is 0 Å². The number of carboxylic acid groups (broad SMARTS) is 2. The lowest BCUT2D eigenvalue weighted by atomic mass is 9.98. The van der Waals surface area contributed by atoms with Gasteiger partial charge >= 0.3 is 11.9 Å². The second-order valence-corrected chi connectivity index (χ2v) is 7.87. The number of rotatable bonds is 9. The van der Waals surface area contributed by atoms with Gasteiger partial charge in [0.1, 0.15) is 36.2 Å². The fourth-order valence-corrected chi connectivity index (χ4v) is 3.96. The molecule has 13 nitrogen and oxygen atoms in total. The van der Waals surface area contributed by atoms with Gasteiger partial charge in [-0.1, -0.05) is 12.1 Å². The molecule has 1 aromatic heterocycles. The van der Waals surface area contributed by atoms with E-state index in [9.17, 15) is 34.8 Å². The standard InChI is InChI=1S/C21H26N2O11/c1-33-12-4-2-3-10-9(5-14(25)22-11(21(31)32)6-15(26)27)7-23(16(10)12)20-19(30)18(29)17(28)13(8-24)34-20/h2-4,7,11,13,17-20,24,28-30H,5-6,8H2,1H3,(H,22,25)(H,26,27)(H,31,32)/t11-,13-,17-,18+,19-,20-/m1/s1. The number of aliphatic carboxylic acids is 2. The molecule has 0 bridgehead atoms. The van der Waals surface area contributed by atoms with E-state index in [2.05, 4.69) is 5.32 Å². The Morgan fingerprint density at radius 3 is 2.44 bits per heavy atom. The number of benzene rings is 1. The van der Waals surface area contributed by atoms with Crippen LogP contribution in [0.1, 0.15) is 18.2 Å². The van der Waals surface area contributed by atoms with Crippen LogP contribution in [-0.2, 0) is 25.5 Å². The summed E-state index contributed by atoms with van der Waals surface area (Å²) in [6.07, 6.45) is -6.97. The van der Waals surface area contributed by atoms with Gasteiger partial charge in [-0.3, -0.25) is 9.59 Å². The third-order valence-corrected chi connectivity index (χ3v) is 5.62. The van der Waals surface area contributed by atoms with E-state index in [1.165, 1.54) is 17.9 Å². The Morgan fingerprint density at radius 1 is 1.15 bits per heavy atom. The number of para-hydroxylation sites is 1. The molecule has 1 fully saturated rings. The number of hydrogen-bond acceptors (Lipinski definition) is 9. The second kappa shape index (κ2) is 10.4. The first-order valence-electron chi connectivity index (χ1n) is 10.3. The highest BCUT2D eigenvalue weighted by Crippen LogP contribution is 2.37. The zero-order chi connectivity index (χ0) is 25.2. The van der Waals surface area contributed by atoms with Crippen molar-refractivity contribution in [3.05, 3.63) is 30.0 Å². The Kier molecular flexibility index (Phi) is 7.74. The van der Waals surface area contributed by atoms with Gasteiger partial charge in [0.15, 0.2) is 6.23 Å². The number of nitrogens with zero attached hydrogens (tertiary/aromatic N) is 1. The molecule has 186 valence electrons. The number of aliphatic hydroxyl groups excluding tert-OH is 4. The van der Waals surface area contributed by atoms with Crippen LogP contribution in [-0.4, -0.2) is 97.2 Å². The van der Waals surface area contributed by atoms with Crippen molar-refractivity contribution in [3.8, 4) is 5.75 Å². The molecule has 0 saturated carbocycles. The number of aliphatic hydroxyl groups is 4. The van der Waals surface area contributed by atoms with Gasteiger partial charge in [0, 0.05) is 11.6 Å². The van der Waals surface area contributed by atoms with Crippen LogP contribution in [0.3, 0.4) is 0 Å². The summed E-state index contributed by atoms with van der Waals surface area (Å²) in [5.41, 5.74) is 0.736. The molecule has 0 spiro atoms. The first kappa shape index (κ1) is 25.4. The van der Waals surface area contributed by atoms with Gasteiger partial charge in [0.2, 0.25) is 5.91 Å². The number of amides is 1. The quantitative estimate of drug-likeness (QED) is 0.212. The van der Waals surface area contributed by atoms with Gasteiger partial charge in [-0.25, -0.2) is 4.79 Å². The maximum absolute atomic E-state index is 12.6. The van der Waals surface area contributed by atoms with Crippen LogP contribution in [0.15, 0.2) is 24.4 Å². The highest BCUT2D eigenvalue weighted by molar-refractivity contribution is 5.94. The van der Waals surface area contributed by atoms with Crippen molar-refractivity contribution >= 4 is 28.7 Å². The van der Waals surface area contributed by atoms with Crippen LogP contribution >= 0.6 is 0 Å².